The lowest BCUT2D eigenvalue weighted by Crippen LogP contribution is -2.30. The highest BCUT2D eigenvalue weighted by atomic mass is 32.2. The first kappa shape index (κ1) is 13.7. The Morgan fingerprint density at radius 1 is 1.41 bits per heavy atom. The predicted octanol–water partition coefficient (Wildman–Crippen LogP) is -0.285. The van der Waals surface area contributed by atoms with Crippen LogP contribution in [0.2, 0.25) is 0 Å². The lowest BCUT2D eigenvalue weighted by atomic mass is 10.3. The van der Waals surface area contributed by atoms with E-state index in [0.717, 1.165) is 11.9 Å². The zero-order valence-corrected chi connectivity index (χ0v) is 10.9. The summed E-state index contributed by atoms with van der Waals surface area (Å²) in [4.78, 5) is 11.7. The summed E-state index contributed by atoms with van der Waals surface area (Å²) in [5, 5.41) is 0. The number of aryl methyl sites for hydroxylation is 1. The van der Waals surface area contributed by atoms with Crippen LogP contribution in [0.4, 0.5) is 0 Å². The number of hydrogen-bond donors (Lipinski definition) is 1. The molecule has 1 heterocycles. The van der Waals surface area contributed by atoms with Crippen molar-refractivity contribution in [1.29, 1.82) is 0 Å². The summed E-state index contributed by atoms with van der Waals surface area (Å²) >= 11 is 0. The molecule has 96 valence electrons. The number of pyridine rings is 1. The molecule has 0 spiro atoms. The number of sulfonamides is 1. The van der Waals surface area contributed by atoms with E-state index in [-0.39, 0.29) is 12.1 Å². The monoisotopic (exact) mass is 260 g/mol. The second kappa shape index (κ2) is 5.33. The molecule has 0 radical (unpaired) electrons. The molecule has 0 fully saturated rings. The molecule has 0 aromatic carbocycles. The Morgan fingerprint density at radius 2 is 2.06 bits per heavy atom. The first-order valence-corrected chi connectivity index (χ1v) is 6.93. The Balaban J connectivity index is 2.82. The SMILES string of the molecule is COc1cc(C)n(CCNS(C)(=O)=O)c(=O)c1. The molecule has 0 amide bonds. The largest absolute Gasteiger partial charge is 0.496 e. The van der Waals surface area contributed by atoms with Crippen LogP contribution in [0.1, 0.15) is 5.69 Å². The maximum atomic E-state index is 11.7. The van der Waals surface area contributed by atoms with Crippen LogP contribution in [-0.2, 0) is 16.6 Å². The summed E-state index contributed by atoms with van der Waals surface area (Å²) in [6.07, 6.45) is 1.08. The molecule has 0 atom stereocenters. The highest BCUT2D eigenvalue weighted by molar-refractivity contribution is 7.88. The van der Waals surface area contributed by atoms with Gasteiger partial charge in [0.2, 0.25) is 10.0 Å². The van der Waals surface area contributed by atoms with Gasteiger partial charge in [0.1, 0.15) is 5.75 Å². The molecule has 1 aromatic rings. The molecular weight excluding hydrogens is 244 g/mol. The van der Waals surface area contributed by atoms with Gasteiger partial charge in [-0.1, -0.05) is 0 Å². The summed E-state index contributed by atoms with van der Waals surface area (Å²) in [6, 6.07) is 3.09. The average molecular weight is 260 g/mol. The Morgan fingerprint density at radius 3 is 2.53 bits per heavy atom. The molecule has 0 aliphatic heterocycles. The van der Waals surface area contributed by atoms with Crippen molar-refractivity contribution in [3.63, 3.8) is 0 Å². The van der Waals surface area contributed by atoms with Gasteiger partial charge in [-0.15, -0.1) is 0 Å². The van der Waals surface area contributed by atoms with E-state index in [4.69, 9.17) is 4.74 Å². The molecule has 0 aliphatic carbocycles. The maximum Gasteiger partial charge on any atom is 0.254 e. The van der Waals surface area contributed by atoms with E-state index < -0.39 is 10.0 Å². The van der Waals surface area contributed by atoms with Crippen LogP contribution < -0.4 is 15.0 Å². The quantitative estimate of drug-likeness (QED) is 0.789. The molecule has 0 saturated carbocycles. The van der Waals surface area contributed by atoms with Crippen molar-refractivity contribution in [3.05, 3.63) is 28.2 Å². The van der Waals surface area contributed by atoms with Crippen molar-refractivity contribution < 1.29 is 13.2 Å². The number of rotatable bonds is 5. The lowest BCUT2D eigenvalue weighted by Gasteiger charge is -2.11. The van der Waals surface area contributed by atoms with Crippen LogP contribution in [0.15, 0.2) is 16.9 Å². The molecule has 0 aliphatic rings. The maximum absolute atomic E-state index is 11.7. The van der Waals surface area contributed by atoms with Crippen LogP contribution in [0.25, 0.3) is 0 Å². The molecule has 0 unspecified atom stereocenters. The van der Waals surface area contributed by atoms with Crippen molar-refractivity contribution >= 4 is 10.0 Å². The van der Waals surface area contributed by atoms with Gasteiger partial charge in [-0.05, 0) is 13.0 Å². The fraction of sp³-hybridized carbons (Fsp3) is 0.500. The third-order valence-electron chi connectivity index (χ3n) is 2.24. The van der Waals surface area contributed by atoms with Crippen molar-refractivity contribution in [3.8, 4) is 5.75 Å². The Labute approximate surface area is 100 Å². The Bertz CT molecular complexity index is 548. The highest BCUT2D eigenvalue weighted by Gasteiger charge is 2.05. The molecule has 6 nitrogen and oxygen atoms in total. The van der Waals surface area contributed by atoms with Crippen molar-refractivity contribution in [2.75, 3.05) is 19.9 Å². The second-order valence-electron chi connectivity index (χ2n) is 3.69. The number of hydrogen-bond acceptors (Lipinski definition) is 4. The lowest BCUT2D eigenvalue weighted by molar-refractivity contribution is 0.411. The van der Waals surface area contributed by atoms with Crippen molar-refractivity contribution in [1.82, 2.24) is 9.29 Å². The smallest absolute Gasteiger partial charge is 0.254 e. The molecule has 0 bridgehead atoms. The molecule has 7 heteroatoms. The van der Waals surface area contributed by atoms with Gasteiger partial charge in [0.05, 0.1) is 13.4 Å². The molecule has 17 heavy (non-hydrogen) atoms. The van der Waals surface area contributed by atoms with Crippen LogP contribution in [0, 0.1) is 6.92 Å². The standard InChI is InChI=1S/C10H16N2O4S/c1-8-6-9(16-2)7-10(13)12(8)5-4-11-17(3,14)15/h6-7,11H,4-5H2,1-3H3. The second-order valence-corrected chi connectivity index (χ2v) is 5.53. The zero-order valence-electron chi connectivity index (χ0n) is 10.1. The highest BCUT2D eigenvalue weighted by Crippen LogP contribution is 2.08. The third kappa shape index (κ3) is 4.20. The number of nitrogens with zero attached hydrogens (tertiary/aromatic N) is 1. The molecular formula is C10H16N2O4S. The van der Waals surface area contributed by atoms with Crippen LogP contribution in [0.3, 0.4) is 0 Å². The van der Waals surface area contributed by atoms with Gasteiger partial charge in [-0.2, -0.15) is 0 Å². The third-order valence-corrected chi connectivity index (χ3v) is 2.97. The van der Waals surface area contributed by atoms with Crippen LogP contribution >= 0.6 is 0 Å². The van der Waals surface area contributed by atoms with E-state index in [1.807, 2.05) is 0 Å². The predicted molar refractivity (Wildman–Crippen MR) is 64.8 cm³/mol. The van der Waals surface area contributed by atoms with Crippen molar-refractivity contribution in [2.45, 2.75) is 13.5 Å². The summed E-state index contributed by atoms with van der Waals surface area (Å²) < 4.78 is 30.5. The van der Waals surface area contributed by atoms with Gasteiger partial charge < -0.3 is 9.30 Å². The van der Waals surface area contributed by atoms with E-state index >= 15 is 0 Å². The first-order valence-electron chi connectivity index (χ1n) is 5.03. The van der Waals surface area contributed by atoms with Crippen molar-refractivity contribution in [2.24, 2.45) is 0 Å². The van der Waals surface area contributed by atoms with E-state index in [9.17, 15) is 13.2 Å². The van der Waals surface area contributed by atoms with Gasteiger partial charge in [0.15, 0.2) is 0 Å². The minimum Gasteiger partial charge on any atom is -0.496 e. The van der Waals surface area contributed by atoms with Gasteiger partial charge in [0, 0.05) is 24.8 Å². The number of methoxy groups -OCH3 is 1. The van der Waals surface area contributed by atoms with E-state index in [1.165, 1.54) is 17.7 Å². The van der Waals surface area contributed by atoms with Gasteiger partial charge >= 0.3 is 0 Å². The Kier molecular flexibility index (Phi) is 4.30. The van der Waals surface area contributed by atoms with Crippen LogP contribution in [-0.4, -0.2) is 32.9 Å². The van der Waals surface area contributed by atoms with Gasteiger partial charge in [0.25, 0.3) is 5.56 Å². The van der Waals surface area contributed by atoms with E-state index in [1.54, 1.807) is 13.0 Å². The number of aromatic nitrogens is 1. The van der Waals surface area contributed by atoms with Crippen LogP contribution in [0.5, 0.6) is 5.75 Å². The van der Waals surface area contributed by atoms with E-state index in [2.05, 4.69) is 4.72 Å². The topological polar surface area (TPSA) is 77.4 Å². The fourth-order valence-corrected chi connectivity index (χ4v) is 1.91. The van der Waals surface area contributed by atoms with Gasteiger partial charge in [-0.25, -0.2) is 13.1 Å². The minimum absolute atomic E-state index is 0.186. The molecule has 1 rings (SSSR count). The fourth-order valence-electron chi connectivity index (χ4n) is 1.45. The molecule has 0 saturated heterocycles. The summed E-state index contributed by atoms with van der Waals surface area (Å²) in [6.45, 7) is 2.25. The first-order chi connectivity index (χ1) is 7.83. The minimum atomic E-state index is -3.22. The van der Waals surface area contributed by atoms with Gasteiger partial charge in [-0.3, -0.25) is 4.79 Å². The Hall–Kier alpha value is -1.34. The average Bonchev–Trinajstić information content (AvgIpc) is 2.20. The summed E-state index contributed by atoms with van der Waals surface area (Å²) in [5.74, 6) is 0.500. The summed E-state index contributed by atoms with van der Waals surface area (Å²) in [5.41, 5.74) is 0.516. The molecule has 1 aromatic heterocycles. The number of nitrogens with one attached hydrogen (secondary N) is 1. The molecule has 1 N–H and O–H groups in total. The number of ether oxygens (including phenoxy) is 1. The summed E-state index contributed by atoms with van der Waals surface area (Å²) in [7, 11) is -1.73. The zero-order chi connectivity index (χ0) is 13.1. The normalized spacial score (nSPS) is 11.5. The van der Waals surface area contributed by atoms with E-state index in [0.29, 0.717) is 12.3 Å².